The van der Waals surface area contributed by atoms with Crippen molar-refractivity contribution in [1.82, 2.24) is 4.57 Å². The molecule has 0 aliphatic heterocycles. The molecular weight excluding hydrogens is 352 g/mol. The Bertz CT molecular complexity index is 995. The topological polar surface area (TPSA) is 80.6 Å². The van der Waals surface area contributed by atoms with Crippen molar-refractivity contribution in [3.8, 4) is 5.69 Å². The van der Waals surface area contributed by atoms with E-state index in [-0.39, 0.29) is 5.69 Å². The molecule has 6 nitrogen and oxygen atoms in total. The maximum atomic E-state index is 12.2. The zero-order valence-corrected chi connectivity index (χ0v) is 15.8. The van der Waals surface area contributed by atoms with Crippen molar-refractivity contribution in [2.45, 2.75) is 33.3 Å². The van der Waals surface area contributed by atoms with Gasteiger partial charge in [0.2, 0.25) is 0 Å². The Morgan fingerprint density at radius 2 is 1.96 bits per heavy atom. The molecular formula is C19H20N2O4S. The Balaban J connectivity index is 2.15. The second kappa shape index (κ2) is 6.49. The van der Waals surface area contributed by atoms with Gasteiger partial charge in [0, 0.05) is 0 Å². The largest absolute Gasteiger partial charge is 0.477 e. The minimum Gasteiger partial charge on any atom is -0.477 e. The molecule has 0 saturated carbocycles. The standard InChI is InChI=1S/C19H20N2O4S/c1-11-6-5-7-12(20-18(24)25-19(2,3)4)16(11)21-13-8-9-26-15(13)10-14(21)17(22)23/h5-10H,1-4H3,(H,20,24)(H,22,23). The number of carbonyl (C=O) groups is 2. The van der Waals surface area contributed by atoms with Gasteiger partial charge >= 0.3 is 12.1 Å². The number of aryl methyl sites for hydroxylation is 1. The van der Waals surface area contributed by atoms with Gasteiger partial charge in [0.15, 0.2) is 0 Å². The summed E-state index contributed by atoms with van der Waals surface area (Å²) in [5.41, 5.74) is 2.25. The number of thiophene rings is 1. The minimum absolute atomic E-state index is 0.147. The number of para-hydroxylation sites is 1. The highest BCUT2D eigenvalue weighted by Crippen LogP contribution is 2.34. The van der Waals surface area contributed by atoms with Crippen LogP contribution in [0.15, 0.2) is 35.7 Å². The van der Waals surface area contributed by atoms with Gasteiger partial charge in [-0.05, 0) is 56.8 Å². The van der Waals surface area contributed by atoms with Crippen LogP contribution in [0.5, 0.6) is 0 Å². The quantitative estimate of drug-likeness (QED) is 0.674. The molecule has 3 rings (SSSR count). The number of ether oxygens (including phenoxy) is 1. The lowest BCUT2D eigenvalue weighted by Crippen LogP contribution is -2.27. The molecule has 1 aromatic carbocycles. The van der Waals surface area contributed by atoms with Crippen LogP contribution in [0.2, 0.25) is 0 Å². The molecule has 2 N–H and O–H groups in total. The molecule has 0 atom stereocenters. The molecule has 0 fully saturated rings. The number of hydrogen-bond acceptors (Lipinski definition) is 4. The Morgan fingerprint density at radius 3 is 2.62 bits per heavy atom. The average molecular weight is 372 g/mol. The van der Waals surface area contributed by atoms with E-state index in [9.17, 15) is 14.7 Å². The van der Waals surface area contributed by atoms with E-state index in [2.05, 4.69) is 5.32 Å². The number of carbonyl (C=O) groups excluding carboxylic acids is 1. The SMILES string of the molecule is Cc1cccc(NC(=O)OC(C)(C)C)c1-n1c(C(=O)O)cc2sccc21. The third-order valence-corrected chi connectivity index (χ3v) is 4.59. The molecule has 1 amide bonds. The number of aromatic carboxylic acids is 1. The van der Waals surface area contributed by atoms with Crippen molar-refractivity contribution in [3.63, 3.8) is 0 Å². The predicted octanol–water partition coefficient (Wildman–Crippen LogP) is 5.05. The predicted molar refractivity (Wildman–Crippen MR) is 103 cm³/mol. The van der Waals surface area contributed by atoms with Crippen LogP contribution in [0.25, 0.3) is 15.9 Å². The van der Waals surface area contributed by atoms with E-state index < -0.39 is 17.7 Å². The highest BCUT2D eigenvalue weighted by molar-refractivity contribution is 7.17. The van der Waals surface area contributed by atoms with Gasteiger partial charge in [-0.3, -0.25) is 5.32 Å². The van der Waals surface area contributed by atoms with Gasteiger partial charge in [0.25, 0.3) is 0 Å². The van der Waals surface area contributed by atoms with Crippen LogP contribution in [-0.4, -0.2) is 27.3 Å². The molecule has 2 heterocycles. The summed E-state index contributed by atoms with van der Waals surface area (Å²) in [5.74, 6) is -1.03. The van der Waals surface area contributed by atoms with Crippen molar-refractivity contribution in [3.05, 3.63) is 47.0 Å². The van der Waals surface area contributed by atoms with E-state index in [0.29, 0.717) is 11.4 Å². The molecule has 0 aliphatic carbocycles. The van der Waals surface area contributed by atoms with Crippen molar-refractivity contribution < 1.29 is 19.4 Å². The van der Waals surface area contributed by atoms with Crippen LogP contribution in [0, 0.1) is 6.92 Å². The lowest BCUT2D eigenvalue weighted by Gasteiger charge is -2.21. The summed E-state index contributed by atoms with van der Waals surface area (Å²) in [6.07, 6.45) is -0.588. The normalized spacial score (nSPS) is 11.5. The average Bonchev–Trinajstić information content (AvgIpc) is 3.06. The fourth-order valence-corrected chi connectivity index (χ4v) is 3.60. The summed E-state index contributed by atoms with van der Waals surface area (Å²) in [5, 5.41) is 14.3. The van der Waals surface area contributed by atoms with E-state index in [1.807, 2.05) is 24.4 Å². The summed E-state index contributed by atoms with van der Waals surface area (Å²) in [4.78, 5) is 24.0. The number of fused-ring (bicyclic) bond motifs is 1. The number of hydrogen-bond donors (Lipinski definition) is 2. The number of benzene rings is 1. The van der Waals surface area contributed by atoms with Crippen LogP contribution in [0.3, 0.4) is 0 Å². The number of carboxylic acid groups (broad SMARTS) is 1. The molecule has 26 heavy (non-hydrogen) atoms. The van der Waals surface area contributed by atoms with Gasteiger partial charge < -0.3 is 14.4 Å². The molecule has 0 unspecified atom stereocenters. The summed E-state index contributed by atoms with van der Waals surface area (Å²) in [6.45, 7) is 7.23. The zero-order valence-electron chi connectivity index (χ0n) is 15.0. The molecule has 0 bridgehead atoms. The number of amides is 1. The van der Waals surface area contributed by atoms with Crippen LogP contribution >= 0.6 is 11.3 Å². The number of nitrogens with zero attached hydrogens (tertiary/aromatic N) is 1. The molecule has 136 valence electrons. The van der Waals surface area contributed by atoms with Gasteiger partial charge in [0.05, 0.1) is 21.6 Å². The van der Waals surface area contributed by atoms with Gasteiger partial charge in [-0.2, -0.15) is 0 Å². The van der Waals surface area contributed by atoms with Crippen LogP contribution in [0.4, 0.5) is 10.5 Å². The fraction of sp³-hybridized carbons (Fsp3) is 0.263. The number of carboxylic acids is 1. The van der Waals surface area contributed by atoms with Crippen molar-refractivity contribution in [1.29, 1.82) is 0 Å². The second-order valence-corrected chi connectivity index (χ2v) is 7.89. The number of aromatic nitrogens is 1. The van der Waals surface area contributed by atoms with Crippen LogP contribution < -0.4 is 5.32 Å². The van der Waals surface area contributed by atoms with Crippen LogP contribution in [-0.2, 0) is 4.74 Å². The first-order valence-electron chi connectivity index (χ1n) is 8.09. The highest BCUT2D eigenvalue weighted by atomic mass is 32.1. The lowest BCUT2D eigenvalue weighted by atomic mass is 10.1. The molecule has 0 spiro atoms. The molecule has 0 radical (unpaired) electrons. The first-order chi connectivity index (χ1) is 12.2. The Labute approximate surface area is 155 Å². The first kappa shape index (κ1) is 18.0. The van der Waals surface area contributed by atoms with E-state index in [1.54, 1.807) is 43.5 Å². The van der Waals surface area contributed by atoms with Gasteiger partial charge in [-0.25, -0.2) is 9.59 Å². The smallest absolute Gasteiger partial charge is 0.412 e. The Hall–Kier alpha value is -2.80. The molecule has 0 saturated heterocycles. The second-order valence-electron chi connectivity index (χ2n) is 6.94. The van der Waals surface area contributed by atoms with E-state index in [0.717, 1.165) is 15.8 Å². The maximum absolute atomic E-state index is 12.2. The monoisotopic (exact) mass is 372 g/mol. The van der Waals surface area contributed by atoms with E-state index in [4.69, 9.17) is 4.74 Å². The summed E-state index contributed by atoms with van der Waals surface area (Å²) in [6, 6.07) is 8.93. The summed E-state index contributed by atoms with van der Waals surface area (Å²) < 4.78 is 7.86. The fourth-order valence-electron chi connectivity index (χ4n) is 2.79. The van der Waals surface area contributed by atoms with Crippen molar-refractivity contribution in [2.24, 2.45) is 0 Å². The van der Waals surface area contributed by atoms with E-state index in [1.165, 1.54) is 11.3 Å². The van der Waals surface area contributed by atoms with Gasteiger partial charge in [0.1, 0.15) is 11.3 Å². The molecule has 2 aromatic heterocycles. The lowest BCUT2D eigenvalue weighted by molar-refractivity contribution is 0.0634. The zero-order chi connectivity index (χ0) is 19.1. The summed E-state index contributed by atoms with van der Waals surface area (Å²) >= 11 is 1.47. The maximum Gasteiger partial charge on any atom is 0.412 e. The minimum atomic E-state index is -1.03. The van der Waals surface area contributed by atoms with Crippen LogP contribution in [0.1, 0.15) is 36.8 Å². The third kappa shape index (κ3) is 3.43. The Kier molecular flexibility index (Phi) is 4.50. The number of anilines is 1. The molecule has 7 heteroatoms. The number of nitrogens with one attached hydrogen (secondary N) is 1. The summed E-state index contributed by atoms with van der Waals surface area (Å²) in [7, 11) is 0. The van der Waals surface area contributed by atoms with E-state index >= 15 is 0 Å². The highest BCUT2D eigenvalue weighted by Gasteiger charge is 2.22. The first-order valence-corrected chi connectivity index (χ1v) is 8.97. The third-order valence-electron chi connectivity index (χ3n) is 3.74. The number of rotatable bonds is 3. The van der Waals surface area contributed by atoms with Crippen molar-refractivity contribution >= 4 is 39.3 Å². The van der Waals surface area contributed by atoms with Gasteiger partial charge in [-0.15, -0.1) is 11.3 Å². The van der Waals surface area contributed by atoms with Gasteiger partial charge in [-0.1, -0.05) is 12.1 Å². The Morgan fingerprint density at radius 1 is 1.23 bits per heavy atom. The molecule has 0 aliphatic rings. The molecule has 3 aromatic rings. The van der Waals surface area contributed by atoms with Crippen molar-refractivity contribution in [2.75, 3.05) is 5.32 Å².